The minimum Gasteiger partial charge on any atom is -0.495 e. The van der Waals surface area contributed by atoms with Crippen LogP contribution in [0.3, 0.4) is 0 Å². The van der Waals surface area contributed by atoms with Crippen molar-refractivity contribution in [1.82, 2.24) is 0 Å². The van der Waals surface area contributed by atoms with Gasteiger partial charge in [-0.05, 0) is 32.0 Å². The Morgan fingerprint density at radius 1 is 1.15 bits per heavy atom. The summed E-state index contributed by atoms with van der Waals surface area (Å²) < 4.78 is 10.2. The molecule has 0 bridgehead atoms. The molecule has 0 fully saturated rings. The molecule has 0 heterocycles. The molecule has 0 spiro atoms. The molecule has 0 aromatic heterocycles. The number of carbonyl (C=O) groups is 2. The lowest BCUT2D eigenvalue weighted by molar-refractivity contribution is -0.384. The number of aryl methyl sites for hydroxylation is 1. The molecule has 136 valence electrons. The summed E-state index contributed by atoms with van der Waals surface area (Å²) in [5, 5.41) is 13.4. The van der Waals surface area contributed by atoms with E-state index in [0.717, 1.165) is 5.56 Å². The van der Waals surface area contributed by atoms with Crippen LogP contribution in [0.15, 0.2) is 42.5 Å². The second-order valence-corrected chi connectivity index (χ2v) is 5.54. The molecule has 1 amide bonds. The average molecular weight is 358 g/mol. The highest BCUT2D eigenvalue weighted by Crippen LogP contribution is 2.29. The molecule has 8 nitrogen and oxygen atoms in total. The number of hydrogen-bond donors (Lipinski definition) is 1. The van der Waals surface area contributed by atoms with E-state index in [4.69, 9.17) is 9.47 Å². The van der Waals surface area contributed by atoms with Crippen molar-refractivity contribution < 1.29 is 24.0 Å². The molecular formula is C18H18N2O6. The molecule has 0 aliphatic rings. The third-order valence-corrected chi connectivity index (χ3v) is 3.59. The number of hydrogen-bond acceptors (Lipinski definition) is 6. The topological polar surface area (TPSA) is 108 Å². The Hall–Kier alpha value is -3.42. The van der Waals surface area contributed by atoms with Crippen LogP contribution in [0.4, 0.5) is 11.4 Å². The maximum atomic E-state index is 12.3. The Morgan fingerprint density at radius 2 is 1.81 bits per heavy atom. The molecule has 0 saturated heterocycles. The average Bonchev–Trinajstić information content (AvgIpc) is 2.61. The van der Waals surface area contributed by atoms with Crippen molar-refractivity contribution in [3.05, 3.63) is 63.7 Å². The lowest BCUT2D eigenvalue weighted by Gasteiger charge is -2.15. The first-order valence-corrected chi connectivity index (χ1v) is 7.72. The van der Waals surface area contributed by atoms with Crippen molar-refractivity contribution in [3.8, 4) is 5.75 Å². The van der Waals surface area contributed by atoms with Gasteiger partial charge in [0.15, 0.2) is 6.10 Å². The lowest BCUT2D eigenvalue weighted by Crippen LogP contribution is -2.30. The first kappa shape index (κ1) is 18.9. The van der Waals surface area contributed by atoms with Gasteiger partial charge in [-0.25, -0.2) is 4.79 Å². The molecule has 1 N–H and O–H groups in total. The lowest BCUT2D eigenvalue weighted by atomic mass is 10.1. The van der Waals surface area contributed by atoms with E-state index in [1.807, 2.05) is 6.92 Å². The smallest absolute Gasteiger partial charge is 0.338 e. The molecule has 0 radical (unpaired) electrons. The Balaban J connectivity index is 2.09. The van der Waals surface area contributed by atoms with E-state index in [2.05, 4.69) is 5.32 Å². The van der Waals surface area contributed by atoms with E-state index in [0.29, 0.717) is 5.56 Å². The molecule has 0 unspecified atom stereocenters. The van der Waals surface area contributed by atoms with Gasteiger partial charge in [0.25, 0.3) is 11.6 Å². The quantitative estimate of drug-likeness (QED) is 0.483. The van der Waals surface area contributed by atoms with E-state index >= 15 is 0 Å². The van der Waals surface area contributed by atoms with Crippen LogP contribution < -0.4 is 10.1 Å². The van der Waals surface area contributed by atoms with E-state index in [1.54, 1.807) is 24.3 Å². The van der Waals surface area contributed by atoms with E-state index in [1.165, 1.54) is 32.2 Å². The third-order valence-electron chi connectivity index (χ3n) is 3.59. The summed E-state index contributed by atoms with van der Waals surface area (Å²) in [4.78, 5) is 34.6. The van der Waals surface area contributed by atoms with E-state index in [-0.39, 0.29) is 17.1 Å². The summed E-state index contributed by atoms with van der Waals surface area (Å²) in [6, 6.07) is 10.5. The molecule has 2 rings (SSSR count). The van der Waals surface area contributed by atoms with Gasteiger partial charge in [-0.1, -0.05) is 17.7 Å². The minimum atomic E-state index is -1.10. The van der Waals surface area contributed by atoms with Crippen LogP contribution in [0.25, 0.3) is 0 Å². The molecule has 0 saturated carbocycles. The summed E-state index contributed by atoms with van der Waals surface area (Å²) in [5.41, 5.74) is 1.23. The van der Waals surface area contributed by atoms with Crippen LogP contribution in [-0.4, -0.2) is 30.0 Å². The number of benzene rings is 2. The monoisotopic (exact) mass is 358 g/mol. The SMILES string of the molecule is COc1ccc([N+](=O)[O-])cc1NC(=O)[C@H](C)OC(=O)c1ccc(C)cc1. The van der Waals surface area contributed by atoms with Crippen molar-refractivity contribution in [2.24, 2.45) is 0 Å². The van der Waals surface area contributed by atoms with Crippen LogP contribution in [0.5, 0.6) is 5.75 Å². The molecule has 8 heteroatoms. The summed E-state index contributed by atoms with van der Waals surface area (Å²) in [7, 11) is 1.37. The van der Waals surface area contributed by atoms with Gasteiger partial charge in [0.05, 0.1) is 23.3 Å². The van der Waals surface area contributed by atoms with Crippen LogP contribution in [0, 0.1) is 17.0 Å². The first-order valence-electron chi connectivity index (χ1n) is 7.72. The zero-order valence-electron chi connectivity index (χ0n) is 14.5. The molecule has 0 aliphatic heterocycles. The highest BCUT2D eigenvalue weighted by Gasteiger charge is 2.21. The number of nitro groups is 1. The van der Waals surface area contributed by atoms with Gasteiger partial charge < -0.3 is 14.8 Å². The largest absolute Gasteiger partial charge is 0.495 e. The van der Waals surface area contributed by atoms with Crippen molar-refractivity contribution in [3.63, 3.8) is 0 Å². The molecular weight excluding hydrogens is 340 g/mol. The van der Waals surface area contributed by atoms with Crippen molar-refractivity contribution >= 4 is 23.3 Å². The van der Waals surface area contributed by atoms with Gasteiger partial charge in [0.2, 0.25) is 0 Å². The number of rotatable bonds is 6. The second-order valence-electron chi connectivity index (χ2n) is 5.54. The summed E-state index contributed by atoms with van der Waals surface area (Å²) >= 11 is 0. The molecule has 26 heavy (non-hydrogen) atoms. The summed E-state index contributed by atoms with van der Waals surface area (Å²) in [6.07, 6.45) is -1.10. The van der Waals surface area contributed by atoms with Crippen molar-refractivity contribution in [2.75, 3.05) is 12.4 Å². The molecule has 0 aliphatic carbocycles. The number of esters is 1. The Kier molecular flexibility index (Phi) is 5.90. The number of ether oxygens (including phenoxy) is 2. The van der Waals surface area contributed by atoms with Crippen molar-refractivity contribution in [2.45, 2.75) is 20.0 Å². The van der Waals surface area contributed by atoms with E-state index < -0.39 is 22.9 Å². The predicted octanol–water partition coefficient (Wildman–Crippen LogP) is 3.10. The molecule has 2 aromatic rings. The standard InChI is InChI=1S/C18H18N2O6/c1-11-4-6-13(7-5-11)18(22)26-12(2)17(21)19-15-10-14(20(23)24)8-9-16(15)25-3/h4-10,12H,1-3H3,(H,19,21)/t12-/m0/s1. The molecule has 1 atom stereocenters. The number of nitro benzene ring substituents is 1. The van der Waals surface area contributed by atoms with Gasteiger partial charge in [-0.3, -0.25) is 14.9 Å². The Morgan fingerprint density at radius 3 is 2.38 bits per heavy atom. The zero-order chi connectivity index (χ0) is 19.3. The fraction of sp³-hybridized carbons (Fsp3) is 0.222. The van der Waals surface area contributed by atoms with E-state index in [9.17, 15) is 19.7 Å². The normalized spacial score (nSPS) is 11.3. The fourth-order valence-corrected chi connectivity index (χ4v) is 2.11. The van der Waals surface area contributed by atoms with Gasteiger partial charge in [-0.2, -0.15) is 0 Å². The predicted molar refractivity (Wildman–Crippen MR) is 94.3 cm³/mol. The maximum absolute atomic E-state index is 12.3. The number of anilines is 1. The van der Waals surface area contributed by atoms with Crippen LogP contribution >= 0.6 is 0 Å². The van der Waals surface area contributed by atoms with Gasteiger partial charge >= 0.3 is 5.97 Å². The van der Waals surface area contributed by atoms with Crippen LogP contribution in [0.1, 0.15) is 22.8 Å². The van der Waals surface area contributed by atoms with Crippen molar-refractivity contribution in [1.29, 1.82) is 0 Å². The number of carbonyl (C=O) groups excluding carboxylic acids is 2. The fourth-order valence-electron chi connectivity index (χ4n) is 2.11. The first-order chi connectivity index (χ1) is 12.3. The number of amides is 1. The van der Waals surface area contributed by atoms with Gasteiger partial charge in [0, 0.05) is 12.1 Å². The highest BCUT2D eigenvalue weighted by molar-refractivity contribution is 5.98. The molecule has 2 aromatic carbocycles. The number of methoxy groups -OCH3 is 1. The third kappa shape index (κ3) is 4.56. The van der Waals surface area contributed by atoms with Crippen LogP contribution in [0.2, 0.25) is 0 Å². The summed E-state index contributed by atoms with van der Waals surface area (Å²) in [6.45, 7) is 3.29. The number of nitrogens with zero attached hydrogens (tertiary/aromatic N) is 1. The maximum Gasteiger partial charge on any atom is 0.338 e. The zero-order valence-corrected chi connectivity index (χ0v) is 14.5. The van der Waals surface area contributed by atoms with Gasteiger partial charge in [0.1, 0.15) is 5.75 Å². The minimum absolute atomic E-state index is 0.116. The van der Waals surface area contributed by atoms with Crippen LogP contribution in [-0.2, 0) is 9.53 Å². The second kappa shape index (κ2) is 8.11. The summed E-state index contributed by atoms with van der Waals surface area (Å²) in [5.74, 6) is -1.02. The van der Waals surface area contributed by atoms with Gasteiger partial charge in [-0.15, -0.1) is 0 Å². The Bertz CT molecular complexity index is 832. The highest BCUT2D eigenvalue weighted by atomic mass is 16.6. The number of non-ortho nitro benzene ring substituents is 1. The number of nitrogens with one attached hydrogen (secondary N) is 1. The Labute approximate surface area is 149 Å².